The van der Waals surface area contributed by atoms with Crippen LogP contribution >= 0.6 is 0 Å². The predicted molar refractivity (Wildman–Crippen MR) is 94.0 cm³/mol. The molecule has 11 heteroatoms. The summed E-state index contributed by atoms with van der Waals surface area (Å²) in [6.45, 7) is 0. The Kier molecular flexibility index (Phi) is 4.74. The standard InChI is InChI=1S/C17H11F3N4O4/c18-17(19,20)10-3-1-2-9(8-10)13-7-5-11(28-13)4-6-12-14(24(26)27)15(25)23-16(21)22-12/h1-8H,(H3,21,22,23,25)/b6-4+. The molecule has 28 heavy (non-hydrogen) atoms. The van der Waals surface area contributed by atoms with Crippen LogP contribution in [0.15, 0.2) is 45.6 Å². The highest BCUT2D eigenvalue weighted by Crippen LogP contribution is 2.32. The van der Waals surface area contributed by atoms with E-state index in [-0.39, 0.29) is 28.7 Å². The average molecular weight is 392 g/mol. The Morgan fingerprint density at radius 1 is 1.21 bits per heavy atom. The van der Waals surface area contributed by atoms with Crippen molar-refractivity contribution in [2.24, 2.45) is 0 Å². The van der Waals surface area contributed by atoms with Crippen molar-refractivity contribution in [3.05, 3.63) is 73.9 Å². The number of nitro groups is 1. The lowest BCUT2D eigenvalue weighted by Gasteiger charge is -2.07. The topological polar surface area (TPSA) is 128 Å². The van der Waals surface area contributed by atoms with E-state index in [0.717, 1.165) is 18.2 Å². The number of alkyl halides is 3. The van der Waals surface area contributed by atoms with Gasteiger partial charge in [0.05, 0.1) is 10.5 Å². The Morgan fingerprint density at radius 3 is 2.64 bits per heavy atom. The maximum Gasteiger partial charge on any atom is 0.416 e. The second-order valence-electron chi connectivity index (χ2n) is 5.56. The SMILES string of the molecule is Nc1nc(/C=C/c2ccc(-c3cccc(C(F)(F)F)c3)o2)c([N+](=O)[O-])c(=O)[nH]1. The number of hydrogen-bond acceptors (Lipinski definition) is 6. The highest BCUT2D eigenvalue weighted by atomic mass is 19.4. The number of nitrogens with zero attached hydrogens (tertiary/aromatic N) is 2. The van der Waals surface area contributed by atoms with Crippen LogP contribution in [0.25, 0.3) is 23.5 Å². The quantitative estimate of drug-likeness (QED) is 0.515. The highest BCUT2D eigenvalue weighted by Gasteiger charge is 2.30. The van der Waals surface area contributed by atoms with Crippen LogP contribution < -0.4 is 11.3 Å². The maximum atomic E-state index is 12.8. The van der Waals surface area contributed by atoms with Gasteiger partial charge in [0.15, 0.2) is 5.69 Å². The first kappa shape index (κ1) is 18.9. The van der Waals surface area contributed by atoms with E-state index in [9.17, 15) is 28.1 Å². The number of halogens is 3. The minimum atomic E-state index is -4.49. The number of hydrogen-bond donors (Lipinski definition) is 2. The van der Waals surface area contributed by atoms with Gasteiger partial charge in [0.1, 0.15) is 11.5 Å². The number of rotatable bonds is 4. The molecule has 0 aliphatic heterocycles. The van der Waals surface area contributed by atoms with Crippen molar-refractivity contribution >= 4 is 23.8 Å². The lowest BCUT2D eigenvalue weighted by Crippen LogP contribution is -2.17. The molecule has 2 heterocycles. The van der Waals surface area contributed by atoms with Crippen molar-refractivity contribution in [3.8, 4) is 11.3 Å². The van der Waals surface area contributed by atoms with E-state index in [2.05, 4.69) is 4.98 Å². The third-order valence-electron chi connectivity index (χ3n) is 3.63. The summed E-state index contributed by atoms with van der Waals surface area (Å²) in [5, 5.41) is 11.0. The zero-order chi connectivity index (χ0) is 20.5. The predicted octanol–water partition coefficient (Wildman–Crippen LogP) is 3.71. The fourth-order valence-electron chi connectivity index (χ4n) is 2.40. The van der Waals surface area contributed by atoms with Crippen LogP contribution in [-0.2, 0) is 6.18 Å². The van der Waals surface area contributed by atoms with Crippen molar-refractivity contribution < 1.29 is 22.5 Å². The van der Waals surface area contributed by atoms with Gasteiger partial charge in [-0.1, -0.05) is 12.1 Å². The summed E-state index contributed by atoms with van der Waals surface area (Å²) in [6.07, 6.45) is -2.06. The summed E-state index contributed by atoms with van der Waals surface area (Å²) >= 11 is 0. The number of furan rings is 1. The molecule has 0 aliphatic rings. The molecule has 0 unspecified atom stereocenters. The number of H-pyrrole nitrogens is 1. The van der Waals surface area contributed by atoms with Crippen LogP contribution in [0.4, 0.5) is 24.8 Å². The van der Waals surface area contributed by atoms with Gasteiger partial charge in [0.25, 0.3) is 0 Å². The third kappa shape index (κ3) is 3.92. The molecule has 3 N–H and O–H groups in total. The van der Waals surface area contributed by atoms with E-state index in [1.54, 1.807) is 0 Å². The second kappa shape index (κ2) is 7.02. The van der Waals surface area contributed by atoms with E-state index in [4.69, 9.17) is 10.2 Å². The van der Waals surface area contributed by atoms with Crippen molar-refractivity contribution in [2.75, 3.05) is 5.73 Å². The monoisotopic (exact) mass is 392 g/mol. The third-order valence-corrected chi connectivity index (χ3v) is 3.63. The molecule has 8 nitrogen and oxygen atoms in total. The average Bonchev–Trinajstić information content (AvgIpc) is 3.07. The normalized spacial score (nSPS) is 11.8. The van der Waals surface area contributed by atoms with Gasteiger partial charge in [0, 0.05) is 5.56 Å². The van der Waals surface area contributed by atoms with Gasteiger partial charge in [0.2, 0.25) is 5.95 Å². The zero-order valence-electron chi connectivity index (χ0n) is 13.9. The Morgan fingerprint density at radius 2 is 1.96 bits per heavy atom. The van der Waals surface area contributed by atoms with Gasteiger partial charge in [-0.2, -0.15) is 13.2 Å². The van der Waals surface area contributed by atoms with Gasteiger partial charge in [-0.15, -0.1) is 0 Å². The van der Waals surface area contributed by atoms with Gasteiger partial charge >= 0.3 is 17.4 Å². The van der Waals surface area contributed by atoms with Gasteiger partial charge < -0.3 is 10.2 Å². The zero-order valence-corrected chi connectivity index (χ0v) is 13.9. The Hall–Kier alpha value is -3.89. The largest absolute Gasteiger partial charge is 0.457 e. The number of benzene rings is 1. The van der Waals surface area contributed by atoms with E-state index in [0.29, 0.717) is 0 Å². The first-order valence-corrected chi connectivity index (χ1v) is 7.65. The van der Waals surface area contributed by atoms with Crippen molar-refractivity contribution in [1.29, 1.82) is 0 Å². The number of nitrogens with two attached hydrogens (primary N) is 1. The summed E-state index contributed by atoms with van der Waals surface area (Å²) in [5.41, 5.74) is 2.68. The number of anilines is 1. The summed E-state index contributed by atoms with van der Waals surface area (Å²) in [7, 11) is 0. The van der Waals surface area contributed by atoms with E-state index in [1.165, 1.54) is 30.3 Å². The summed E-state index contributed by atoms with van der Waals surface area (Å²) in [5.74, 6) is 0.0420. The van der Waals surface area contributed by atoms with E-state index in [1.807, 2.05) is 4.98 Å². The van der Waals surface area contributed by atoms with E-state index < -0.39 is 27.9 Å². The van der Waals surface area contributed by atoms with Crippen LogP contribution in [0.5, 0.6) is 0 Å². The smallest absolute Gasteiger partial charge is 0.416 e. The Bertz CT molecular complexity index is 1130. The molecule has 2 aromatic heterocycles. The molecule has 0 atom stereocenters. The van der Waals surface area contributed by atoms with Gasteiger partial charge in [-0.25, -0.2) is 4.98 Å². The molecular weight excluding hydrogens is 381 g/mol. The van der Waals surface area contributed by atoms with Crippen LogP contribution in [-0.4, -0.2) is 14.9 Å². The summed E-state index contributed by atoms with van der Waals surface area (Å²) in [6, 6.07) is 7.48. The van der Waals surface area contributed by atoms with Crippen LogP contribution in [0.3, 0.4) is 0 Å². The Labute approximate surface area is 154 Å². The summed E-state index contributed by atoms with van der Waals surface area (Å²) < 4.78 is 43.9. The van der Waals surface area contributed by atoms with Crippen molar-refractivity contribution in [3.63, 3.8) is 0 Å². The first-order valence-electron chi connectivity index (χ1n) is 7.65. The number of aromatic amines is 1. The molecule has 0 saturated heterocycles. The number of aromatic nitrogens is 2. The van der Waals surface area contributed by atoms with Crippen LogP contribution in [0, 0.1) is 10.1 Å². The molecule has 144 valence electrons. The molecule has 0 radical (unpaired) electrons. The number of nitrogen functional groups attached to an aromatic ring is 1. The lowest BCUT2D eigenvalue weighted by molar-refractivity contribution is -0.386. The molecule has 0 aliphatic carbocycles. The lowest BCUT2D eigenvalue weighted by atomic mass is 10.1. The molecule has 0 spiro atoms. The van der Waals surface area contributed by atoms with Gasteiger partial charge in [-0.3, -0.25) is 19.9 Å². The van der Waals surface area contributed by atoms with Crippen LogP contribution in [0.1, 0.15) is 17.0 Å². The summed E-state index contributed by atoms with van der Waals surface area (Å²) in [4.78, 5) is 27.5. The minimum Gasteiger partial charge on any atom is -0.457 e. The fraction of sp³-hybridized carbons (Fsp3) is 0.0588. The molecule has 0 amide bonds. The molecule has 0 bridgehead atoms. The molecule has 3 aromatic rings. The molecular formula is C17H11F3N4O4. The van der Waals surface area contributed by atoms with Crippen molar-refractivity contribution in [2.45, 2.75) is 6.18 Å². The molecule has 0 fully saturated rings. The van der Waals surface area contributed by atoms with Crippen molar-refractivity contribution in [1.82, 2.24) is 9.97 Å². The fourth-order valence-corrected chi connectivity index (χ4v) is 2.40. The highest BCUT2D eigenvalue weighted by molar-refractivity contribution is 5.71. The second-order valence-corrected chi connectivity index (χ2v) is 5.56. The Balaban J connectivity index is 1.93. The van der Waals surface area contributed by atoms with E-state index >= 15 is 0 Å². The maximum absolute atomic E-state index is 12.8. The van der Waals surface area contributed by atoms with Gasteiger partial charge in [-0.05, 0) is 36.4 Å². The molecule has 3 rings (SSSR count). The van der Waals surface area contributed by atoms with Crippen LogP contribution in [0.2, 0.25) is 0 Å². The first-order chi connectivity index (χ1) is 13.1. The molecule has 0 saturated carbocycles. The molecule has 1 aromatic carbocycles. The number of nitrogens with one attached hydrogen (secondary N) is 1. The minimum absolute atomic E-state index is 0.165.